The molecular formula is C25H30ClF2N3O5S. The predicted octanol–water partition coefficient (Wildman–Crippen LogP) is 3.65. The number of halogens is 3. The van der Waals surface area contributed by atoms with Gasteiger partial charge in [-0.1, -0.05) is 11.6 Å². The molecule has 1 N–H and O–H groups in total. The van der Waals surface area contributed by atoms with Crippen LogP contribution in [-0.4, -0.2) is 85.7 Å². The molecule has 2 aliphatic rings. The van der Waals surface area contributed by atoms with Gasteiger partial charge in [-0.3, -0.25) is 4.90 Å². The zero-order valence-corrected chi connectivity index (χ0v) is 21.8. The number of aliphatic hydroxyl groups excluding tert-OH is 1. The monoisotopic (exact) mass is 557 g/mol. The highest BCUT2D eigenvalue weighted by Crippen LogP contribution is 2.39. The van der Waals surface area contributed by atoms with Crippen molar-refractivity contribution in [1.29, 1.82) is 0 Å². The second kappa shape index (κ2) is 12.0. The molecule has 2 aromatic rings. The Morgan fingerprint density at radius 3 is 2.30 bits per heavy atom. The van der Waals surface area contributed by atoms with Gasteiger partial charge in [0.15, 0.2) is 0 Å². The van der Waals surface area contributed by atoms with Gasteiger partial charge in [-0.2, -0.15) is 4.31 Å². The van der Waals surface area contributed by atoms with E-state index in [9.17, 15) is 22.0 Å². The van der Waals surface area contributed by atoms with Gasteiger partial charge in [0.2, 0.25) is 10.0 Å². The first-order valence-corrected chi connectivity index (χ1v) is 14.0. The van der Waals surface area contributed by atoms with Crippen molar-refractivity contribution in [2.75, 3.05) is 45.9 Å². The summed E-state index contributed by atoms with van der Waals surface area (Å²) in [7, 11) is -4.14. The number of hydrogen-bond acceptors (Lipinski definition) is 6. The minimum atomic E-state index is -4.14. The summed E-state index contributed by atoms with van der Waals surface area (Å²) in [6, 6.07) is 7.12. The molecule has 0 saturated carbocycles. The number of β-amino-alcohol motifs (C(OH)–C–C–N with tert-alkyl or cyclic N) is 1. The summed E-state index contributed by atoms with van der Waals surface area (Å²) in [5.74, 6) is -1.60. The Morgan fingerprint density at radius 1 is 1.03 bits per heavy atom. The SMILES string of the molecule is O=C(OC[C@H]1CCC[C@@H](c2cc(F)cc(F)c2)N1S(=O)(=O)c1ccc(Cl)cc1)N1CCN(CCO)CC1. The normalized spacial score (nSPS) is 21.7. The fourth-order valence-electron chi connectivity index (χ4n) is 4.94. The molecule has 2 heterocycles. The van der Waals surface area contributed by atoms with E-state index in [0.717, 1.165) is 18.2 Å². The fourth-order valence-corrected chi connectivity index (χ4v) is 6.91. The minimum absolute atomic E-state index is 0.0167. The van der Waals surface area contributed by atoms with Crippen LogP contribution in [0.3, 0.4) is 0 Å². The van der Waals surface area contributed by atoms with E-state index in [2.05, 4.69) is 0 Å². The minimum Gasteiger partial charge on any atom is -0.448 e. The van der Waals surface area contributed by atoms with Gasteiger partial charge in [-0.05, 0) is 61.2 Å². The number of hydrogen-bond donors (Lipinski definition) is 1. The van der Waals surface area contributed by atoms with Gasteiger partial charge < -0.3 is 14.7 Å². The van der Waals surface area contributed by atoms with E-state index >= 15 is 0 Å². The smallest absolute Gasteiger partial charge is 0.409 e. The molecule has 0 spiro atoms. The highest BCUT2D eigenvalue weighted by atomic mass is 35.5. The number of amides is 1. The summed E-state index contributed by atoms with van der Waals surface area (Å²) < 4.78 is 62.6. The summed E-state index contributed by atoms with van der Waals surface area (Å²) in [6.45, 7) is 2.44. The lowest BCUT2D eigenvalue weighted by molar-refractivity contribution is 0.0466. The third kappa shape index (κ3) is 6.58. The number of rotatable bonds is 7. The van der Waals surface area contributed by atoms with Crippen LogP contribution in [0.15, 0.2) is 47.4 Å². The number of aliphatic hydroxyl groups is 1. The van der Waals surface area contributed by atoms with Gasteiger partial charge in [0, 0.05) is 43.8 Å². The molecule has 2 atom stereocenters. The first-order valence-electron chi connectivity index (χ1n) is 12.2. The van der Waals surface area contributed by atoms with E-state index in [0.29, 0.717) is 57.0 Å². The number of carbonyl (C=O) groups is 1. The molecule has 202 valence electrons. The van der Waals surface area contributed by atoms with E-state index in [4.69, 9.17) is 21.4 Å². The fraction of sp³-hybridized carbons (Fsp3) is 0.480. The van der Waals surface area contributed by atoms with Crippen LogP contribution >= 0.6 is 11.6 Å². The topological polar surface area (TPSA) is 90.4 Å². The molecule has 2 saturated heterocycles. The summed E-state index contributed by atoms with van der Waals surface area (Å²) in [5.41, 5.74) is 0.200. The second-order valence-electron chi connectivity index (χ2n) is 9.22. The Balaban J connectivity index is 1.57. The molecule has 0 aromatic heterocycles. The third-order valence-corrected chi connectivity index (χ3v) is 9.01. The highest BCUT2D eigenvalue weighted by molar-refractivity contribution is 7.89. The first-order chi connectivity index (χ1) is 17.7. The van der Waals surface area contributed by atoms with E-state index in [-0.39, 0.29) is 23.7 Å². The van der Waals surface area contributed by atoms with E-state index in [1.165, 1.54) is 28.6 Å². The average molecular weight is 558 g/mol. The summed E-state index contributed by atoms with van der Waals surface area (Å²) >= 11 is 5.95. The van der Waals surface area contributed by atoms with Gasteiger partial charge in [0.05, 0.1) is 23.6 Å². The number of carbonyl (C=O) groups excluding carboxylic acids is 1. The Hall–Kier alpha value is -2.31. The maximum atomic E-state index is 14.1. The number of sulfonamides is 1. The first kappa shape index (κ1) is 27.7. The van der Waals surface area contributed by atoms with Crippen LogP contribution in [0.25, 0.3) is 0 Å². The molecule has 2 fully saturated rings. The van der Waals surface area contributed by atoms with Crippen LogP contribution in [0.4, 0.5) is 13.6 Å². The van der Waals surface area contributed by atoms with Crippen LogP contribution in [-0.2, 0) is 14.8 Å². The van der Waals surface area contributed by atoms with Crippen molar-refractivity contribution in [3.05, 3.63) is 64.7 Å². The molecule has 4 rings (SSSR count). The van der Waals surface area contributed by atoms with Crippen molar-refractivity contribution < 1.29 is 31.8 Å². The Bertz CT molecular complexity index is 1170. The Morgan fingerprint density at radius 2 is 1.68 bits per heavy atom. The average Bonchev–Trinajstić information content (AvgIpc) is 2.87. The summed E-state index contributed by atoms with van der Waals surface area (Å²) in [5, 5.41) is 9.46. The van der Waals surface area contributed by atoms with Crippen LogP contribution < -0.4 is 0 Å². The second-order valence-corrected chi connectivity index (χ2v) is 11.5. The number of benzene rings is 2. The number of nitrogens with zero attached hydrogens (tertiary/aromatic N) is 3. The molecule has 2 aromatic carbocycles. The van der Waals surface area contributed by atoms with E-state index in [1.54, 1.807) is 4.90 Å². The lowest BCUT2D eigenvalue weighted by Gasteiger charge is -2.41. The highest BCUT2D eigenvalue weighted by Gasteiger charge is 2.41. The van der Waals surface area contributed by atoms with Crippen molar-refractivity contribution >= 4 is 27.7 Å². The molecular weight excluding hydrogens is 528 g/mol. The predicted molar refractivity (Wildman–Crippen MR) is 134 cm³/mol. The van der Waals surface area contributed by atoms with Crippen LogP contribution in [0.2, 0.25) is 5.02 Å². The van der Waals surface area contributed by atoms with Crippen molar-refractivity contribution in [1.82, 2.24) is 14.1 Å². The van der Waals surface area contributed by atoms with Crippen molar-refractivity contribution in [2.45, 2.75) is 36.2 Å². The van der Waals surface area contributed by atoms with Crippen LogP contribution in [0, 0.1) is 11.6 Å². The standard InChI is InChI=1S/C25H30ClF2N3O5S/c26-19-4-6-23(7-5-19)37(34,35)31-22(2-1-3-24(31)18-14-20(27)16-21(28)15-18)17-36-25(33)30-10-8-29(9-11-30)12-13-32/h4-7,14-16,22,24,32H,1-3,8-13,17H2/t22-,24+/m1/s1. The number of piperidine rings is 1. The molecule has 12 heteroatoms. The van der Waals surface area contributed by atoms with Crippen LogP contribution in [0.1, 0.15) is 30.9 Å². The molecule has 0 bridgehead atoms. The van der Waals surface area contributed by atoms with Crippen LogP contribution in [0.5, 0.6) is 0 Å². The lowest BCUT2D eigenvalue weighted by Crippen LogP contribution is -2.51. The van der Waals surface area contributed by atoms with Gasteiger partial charge in [0.25, 0.3) is 0 Å². The molecule has 0 radical (unpaired) electrons. The van der Waals surface area contributed by atoms with Gasteiger partial charge in [-0.25, -0.2) is 22.0 Å². The largest absolute Gasteiger partial charge is 0.448 e. The lowest BCUT2D eigenvalue weighted by atomic mass is 9.93. The molecule has 0 unspecified atom stereocenters. The Kier molecular flexibility index (Phi) is 9.02. The van der Waals surface area contributed by atoms with Crippen molar-refractivity contribution in [2.24, 2.45) is 0 Å². The maximum Gasteiger partial charge on any atom is 0.409 e. The van der Waals surface area contributed by atoms with Crippen molar-refractivity contribution in [3.8, 4) is 0 Å². The maximum absolute atomic E-state index is 14.1. The molecule has 0 aliphatic carbocycles. The van der Waals surface area contributed by atoms with Gasteiger partial charge in [-0.15, -0.1) is 0 Å². The molecule has 2 aliphatic heterocycles. The molecule has 1 amide bonds. The van der Waals surface area contributed by atoms with Crippen molar-refractivity contribution in [3.63, 3.8) is 0 Å². The van der Waals surface area contributed by atoms with E-state index in [1.807, 2.05) is 4.90 Å². The quantitative estimate of drug-likeness (QED) is 0.559. The number of ether oxygens (including phenoxy) is 1. The summed E-state index contributed by atoms with van der Waals surface area (Å²) in [6.07, 6.45) is 0.801. The molecule has 8 nitrogen and oxygen atoms in total. The summed E-state index contributed by atoms with van der Waals surface area (Å²) in [4.78, 5) is 16.3. The van der Waals surface area contributed by atoms with Gasteiger partial charge in [0.1, 0.15) is 18.2 Å². The zero-order chi connectivity index (χ0) is 26.6. The Labute approximate surface area is 220 Å². The zero-order valence-electron chi connectivity index (χ0n) is 20.2. The third-order valence-electron chi connectivity index (χ3n) is 6.79. The molecule has 37 heavy (non-hydrogen) atoms. The van der Waals surface area contributed by atoms with Gasteiger partial charge >= 0.3 is 6.09 Å². The number of piperazine rings is 1. The van der Waals surface area contributed by atoms with E-state index < -0.39 is 39.8 Å².